The molecule has 3 N–H and O–H groups in total. The molecule has 7 heteroatoms. The van der Waals surface area contributed by atoms with Gasteiger partial charge in [-0.2, -0.15) is 0 Å². The average molecular weight is 338 g/mol. The first kappa shape index (κ1) is 18.8. The van der Waals surface area contributed by atoms with Crippen molar-refractivity contribution in [3.05, 3.63) is 23.5 Å². The van der Waals surface area contributed by atoms with Crippen molar-refractivity contribution in [3.8, 4) is 12.3 Å². The van der Waals surface area contributed by atoms with Crippen LogP contribution in [-0.4, -0.2) is 23.4 Å². The van der Waals surface area contributed by atoms with Crippen LogP contribution in [0.1, 0.15) is 32.8 Å². The Bertz CT molecular complexity index is 648. The number of carbonyl (C=O) groups excluding carboxylic acids is 2. The molecule has 1 aliphatic rings. The standard InChI is InChI=1S/C11H8FNOS.C5H11NO2/c1-2-7-5-9-10(6-8(7)12)15-4-3-11(14)13-9;1-5(2,3)8-4(6)7/h1,5-6H,3-4H2,(H,13,14);1-3H3,(H2,6,7). The molecule has 0 aliphatic carbocycles. The second kappa shape index (κ2) is 7.88. The number of amides is 2. The molecule has 0 saturated heterocycles. The Morgan fingerprint density at radius 2 is 2.13 bits per heavy atom. The van der Waals surface area contributed by atoms with Crippen molar-refractivity contribution in [2.75, 3.05) is 11.1 Å². The predicted molar refractivity (Wildman–Crippen MR) is 88.7 cm³/mol. The monoisotopic (exact) mass is 338 g/mol. The van der Waals surface area contributed by atoms with E-state index in [0.29, 0.717) is 17.9 Å². The fourth-order valence-corrected chi connectivity index (χ4v) is 2.61. The number of fused-ring (bicyclic) bond motifs is 1. The van der Waals surface area contributed by atoms with E-state index < -0.39 is 17.5 Å². The number of ether oxygens (including phenoxy) is 1. The van der Waals surface area contributed by atoms with Crippen LogP contribution >= 0.6 is 11.8 Å². The second-order valence-corrected chi connectivity index (χ2v) is 6.79. The lowest BCUT2D eigenvalue weighted by molar-refractivity contribution is -0.115. The van der Waals surface area contributed by atoms with Gasteiger partial charge in [-0.25, -0.2) is 9.18 Å². The third kappa shape index (κ3) is 6.61. The van der Waals surface area contributed by atoms with E-state index in [0.717, 1.165) is 4.90 Å². The zero-order chi connectivity index (χ0) is 17.6. The topological polar surface area (TPSA) is 81.4 Å². The summed E-state index contributed by atoms with van der Waals surface area (Å²) >= 11 is 1.45. The largest absolute Gasteiger partial charge is 0.444 e. The van der Waals surface area contributed by atoms with E-state index in [2.05, 4.69) is 16.0 Å². The van der Waals surface area contributed by atoms with Crippen molar-refractivity contribution >= 4 is 29.4 Å². The highest BCUT2D eigenvalue weighted by molar-refractivity contribution is 7.99. The first-order chi connectivity index (χ1) is 10.6. The van der Waals surface area contributed by atoms with Crippen molar-refractivity contribution in [3.63, 3.8) is 0 Å². The van der Waals surface area contributed by atoms with Crippen LogP contribution in [0.2, 0.25) is 0 Å². The van der Waals surface area contributed by atoms with Crippen LogP contribution in [0.15, 0.2) is 17.0 Å². The molecule has 1 aliphatic heterocycles. The van der Waals surface area contributed by atoms with Gasteiger partial charge in [0.15, 0.2) is 0 Å². The molecule has 1 heterocycles. The number of carbonyl (C=O) groups is 2. The number of thioether (sulfide) groups is 1. The molecule has 0 fully saturated rings. The quantitative estimate of drug-likeness (QED) is 0.712. The molecule has 0 radical (unpaired) electrons. The van der Waals surface area contributed by atoms with Gasteiger partial charge in [-0.05, 0) is 32.9 Å². The lowest BCUT2D eigenvalue weighted by atomic mass is 10.2. The van der Waals surface area contributed by atoms with Crippen molar-refractivity contribution in [1.82, 2.24) is 0 Å². The lowest BCUT2D eigenvalue weighted by Crippen LogP contribution is -2.27. The van der Waals surface area contributed by atoms with Crippen LogP contribution in [0.4, 0.5) is 14.9 Å². The van der Waals surface area contributed by atoms with Gasteiger partial charge < -0.3 is 15.8 Å². The Morgan fingerprint density at radius 1 is 1.48 bits per heavy atom. The maximum absolute atomic E-state index is 13.3. The van der Waals surface area contributed by atoms with Crippen molar-refractivity contribution in [2.24, 2.45) is 5.73 Å². The number of nitrogens with one attached hydrogen (secondary N) is 1. The van der Waals surface area contributed by atoms with E-state index in [1.54, 1.807) is 20.8 Å². The van der Waals surface area contributed by atoms with Gasteiger partial charge in [-0.1, -0.05) is 5.92 Å². The highest BCUT2D eigenvalue weighted by Crippen LogP contribution is 2.32. The first-order valence-electron chi connectivity index (χ1n) is 6.83. The van der Waals surface area contributed by atoms with Crippen molar-refractivity contribution in [2.45, 2.75) is 37.7 Å². The summed E-state index contributed by atoms with van der Waals surface area (Å²) in [6, 6.07) is 2.88. The molecule has 2 rings (SSSR count). The van der Waals surface area contributed by atoms with Crippen LogP contribution < -0.4 is 11.1 Å². The van der Waals surface area contributed by atoms with Gasteiger partial charge in [-0.15, -0.1) is 18.2 Å². The minimum absolute atomic E-state index is 0.0594. The smallest absolute Gasteiger partial charge is 0.405 e. The zero-order valence-electron chi connectivity index (χ0n) is 13.2. The zero-order valence-corrected chi connectivity index (χ0v) is 14.1. The van der Waals surface area contributed by atoms with E-state index in [9.17, 15) is 14.0 Å². The van der Waals surface area contributed by atoms with Gasteiger partial charge >= 0.3 is 6.09 Å². The number of terminal acetylenes is 1. The molecule has 1 aromatic rings. The predicted octanol–water partition coefficient (Wildman–Crippen LogP) is 3.12. The van der Waals surface area contributed by atoms with Crippen molar-refractivity contribution in [1.29, 1.82) is 0 Å². The number of primary amides is 1. The van der Waals surface area contributed by atoms with Crippen LogP contribution in [0.3, 0.4) is 0 Å². The van der Waals surface area contributed by atoms with E-state index in [4.69, 9.17) is 12.2 Å². The number of anilines is 1. The molecular formula is C16H19FN2O3S. The Kier molecular flexibility index (Phi) is 6.46. The molecular weight excluding hydrogens is 319 g/mol. The van der Waals surface area contributed by atoms with E-state index >= 15 is 0 Å². The fourth-order valence-electron chi connectivity index (χ4n) is 1.65. The Labute approximate surface area is 139 Å². The number of nitrogens with two attached hydrogens (primary N) is 1. The molecule has 0 spiro atoms. The van der Waals surface area contributed by atoms with Gasteiger partial charge in [0.05, 0.1) is 11.3 Å². The lowest BCUT2D eigenvalue weighted by Gasteiger charge is -2.16. The SMILES string of the molecule is C#Cc1cc2c(cc1F)SCCC(=O)N2.CC(C)(C)OC(N)=O. The number of hydrogen-bond acceptors (Lipinski definition) is 4. The summed E-state index contributed by atoms with van der Waals surface area (Å²) in [5.74, 6) is 2.43. The van der Waals surface area contributed by atoms with E-state index in [-0.39, 0.29) is 11.5 Å². The summed E-state index contributed by atoms with van der Waals surface area (Å²) in [5.41, 5.74) is 5.05. The maximum Gasteiger partial charge on any atom is 0.405 e. The van der Waals surface area contributed by atoms with Crippen LogP contribution in [-0.2, 0) is 9.53 Å². The number of hydrogen-bond donors (Lipinski definition) is 2. The number of halogens is 1. The molecule has 1 aromatic carbocycles. The summed E-state index contributed by atoms with van der Waals surface area (Å²) < 4.78 is 17.9. The third-order valence-electron chi connectivity index (χ3n) is 2.49. The highest BCUT2D eigenvalue weighted by atomic mass is 32.2. The van der Waals surface area contributed by atoms with Gasteiger partial charge in [0.2, 0.25) is 5.91 Å². The summed E-state index contributed by atoms with van der Waals surface area (Å²) in [7, 11) is 0. The molecule has 0 aromatic heterocycles. The van der Waals surface area contributed by atoms with Crippen LogP contribution in [0.5, 0.6) is 0 Å². The van der Waals surface area contributed by atoms with Gasteiger partial charge in [0.1, 0.15) is 11.4 Å². The van der Waals surface area contributed by atoms with Crippen molar-refractivity contribution < 1.29 is 18.7 Å². The molecule has 2 amide bonds. The minimum atomic E-state index is -0.725. The Morgan fingerprint density at radius 3 is 2.61 bits per heavy atom. The van der Waals surface area contributed by atoms with E-state index in [1.807, 2.05) is 0 Å². The average Bonchev–Trinajstić information content (AvgIpc) is 2.56. The maximum atomic E-state index is 13.3. The summed E-state index contributed by atoms with van der Waals surface area (Å²) in [5, 5.41) is 2.70. The summed E-state index contributed by atoms with van der Waals surface area (Å²) in [6.07, 6.45) is 4.86. The van der Waals surface area contributed by atoms with Gasteiger partial charge in [0, 0.05) is 17.1 Å². The molecule has 0 saturated carbocycles. The molecule has 0 bridgehead atoms. The van der Waals surface area contributed by atoms with Crippen LogP contribution in [0.25, 0.3) is 0 Å². The molecule has 124 valence electrons. The third-order valence-corrected chi connectivity index (χ3v) is 3.55. The Hall–Kier alpha value is -2.20. The molecule has 23 heavy (non-hydrogen) atoms. The number of benzene rings is 1. The molecule has 5 nitrogen and oxygen atoms in total. The fraction of sp³-hybridized carbons (Fsp3) is 0.375. The Balaban J connectivity index is 0.000000284. The number of rotatable bonds is 0. The second-order valence-electron chi connectivity index (χ2n) is 5.65. The minimum Gasteiger partial charge on any atom is -0.444 e. The van der Waals surface area contributed by atoms with Gasteiger partial charge in [-0.3, -0.25) is 4.79 Å². The highest BCUT2D eigenvalue weighted by Gasteiger charge is 2.15. The summed E-state index contributed by atoms with van der Waals surface area (Å²) in [6.45, 7) is 5.28. The first-order valence-corrected chi connectivity index (χ1v) is 7.82. The summed E-state index contributed by atoms with van der Waals surface area (Å²) in [4.78, 5) is 22.0. The van der Waals surface area contributed by atoms with Crippen LogP contribution in [0, 0.1) is 18.2 Å². The normalized spacial score (nSPS) is 13.4. The molecule has 0 atom stereocenters. The van der Waals surface area contributed by atoms with Gasteiger partial charge in [0.25, 0.3) is 0 Å². The molecule has 0 unspecified atom stereocenters. The van der Waals surface area contributed by atoms with E-state index in [1.165, 1.54) is 23.9 Å².